The topological polar surface area (TPSA) is 121 Å². The number of hydrogen-bond acceptors (Lipinski definition) is 10. The van der Waals surface area contributed by atoms with Crippen LogP contribution in [0.5, 0.6) is 11.5 Å². The number of carbonyl (C=O) groups excluding carboxylic acids is 2. The maximum Gasteiger partial charge on any atom is 0.332 e. The zero-order valence-electron chi connectivity index (χ0n) is 27.7. The predicted octanol–water partition coefficient (Wildman–Crippen LogP) is 6.10. The average Bonchev–Trinajstić information content (AvgIpc) is 3.25. The summed E-state index contributed by atoms with van der Waals surface area (Å²) in [4.78, 5) is 42.7. The molecule has 0 aromatic heterocycles. The summed E-state index contributed by atoms with van der Waals surface area (Å²) in [6.45, 7) is 1.27. The molecule has 0 bridgehead atoms. The Balaban J connectivity index is 1.31. The van der Waals surface area contributed by atoms with Gasteiger partial charge in [0.25, 0.3) is 11.6 Å². The third-order valence-corrected chi connectivity index (χ3v) is 9.59. The van der Waals surface area contributed by atoms with E-state index in [1.54, 1.807) is 19.1 Å². The minimum Gasteiger partial charge on any atom is -0.497 e. The van der Waals surface area contributed by atoms with E-state index in [1.165, 1.54) is 41.6 Å². The number of methoxy groups -OCH3 is 2. The van der Waals surface area contributed by atoms with Crippen LogP contribution in [0.1, 0.15) is 21.9 Å². The van der Waals surface area contributed by atoms with E-state index in [0.717, 1.165) is 34.9 Å². The third-order valence-electron chi connectivity index (χ3n) is 8.21. The number of thioether (sulfide) groups is 1. The smallest absolute Gasteiger partial charge is 0.332 e. The van der Waals surface area contributed by atoms with Crippen molar-refractivity contribution < 1.29 is 33.5 Å². The molecule has 1 heterocycles. The molecule has 0 saturated carbocycles. The van der Waals surface area contributed by atoms with E-state index in [4.69, 9.17) is 18.9 Å². The molecule has 5 rings (SSSR count). The van der Waals surface area contributed by atoms with Crippen molar-refractivity contribution in [2.24, 2.45) is 0 Å². The van der Waals surface area contributed by atoms with Gasteiger partial charge in [-0.25, -0.2) is 4.79 Å². The summed E-state index contributed by atoms with van der Waals surface area (Å²) in [5, 5.41) is 10.5. The number of ether oxygens (including phenoxy) is 4. The van der Waals surface area contributed by atoms with Gasteiger partial charge >= 0.3 is 5.97 Å². The highest BCUT2D eigenvalue weighted by Gasteiger charge is 2.39. The van der Waals surface area contributed by atoms with Crippen LogP contribution in [0.4, 0.5) is 11.4 Å². The summed E-state index contributed by atoms with van der Waals surface area (Å²) >= 11 is 1.51. The maximum absolute atomic E-state index is 14.5. The molecular weight excluding hydrogens is 646 g/mol. The minimum absolute atomic E-state index is 0.0543. The van der Waals surface area contributed by atoms with E-state index >= 15 is 0 Å². The second kappa shape index (κ2) is 17.0. The van der Waals surface area contributed by atoms with Crippen LogP contribution >= 0.6 is 11.8 Å². The van der Waals surface area contributed by atoms with Crippen LogP contribution < -0.4 is 14.4 Å². The minimum atomic E-state index is -1.01. The van der Waals surface area contributed by atoms with Crippen molar-refractivity contribution in [2.45, 2.75) is 29.3 Å². The molecule has 49 heavy (non-hydrogen) atoms. The molecule has 11 nitrogen and oxygen atoms in total. The van der Waals surface area contributed by atoms with Crippen LogP contribution in [-0.4, -0.2) is 75.3 Å². The lowest BCUT2D eigenvalue weighted by Crippen LogP contribution is -2.45. The lowest BCUT2D eigenvalue weighted by molar-refractivity contribution is -0.384. The van der Waals surface area contributed by atoms with Crippen LogP contribution in [0.2, 0.25) is 0 Å². The van der Waals surface area contributed by atoms with Crippen molar-refractivity contribution in [1.82, 2.24) is 4.90 Å². The second-order valence-electron chi connectivity index (χ2n) is 11.5. The number of para-hydroxylation sites is 1. The Morgan fingerprint density at radius 3 is 2.16 bits per heavy atom. The first kappa shape index (κ1) is 35.4. The van der Waals surface area contributed by atoms with Crippen molar-refractivity contribution in [3.63, 3.8) is 0 Å². The van der Waals surface area contributed by atoms with Crippen LogP contribution in [0.3, 0.4) is 0 Å². The quantitative estimate of drug-likeness (QED) is 0.0825. The Morgan fingerprint density at radius 2 is 1.51 bits per heavy atom. The molecule has 0 unspecified atom stereocenters. The number of nitro groups is 1. The lowest BCUT2D eigenvalue weighted by Gasteiger charge is -2.29. The predicted molar refractivity (Wildman–Crippen MR) is 187 cm³/mol. The van der Waals surface area contributed by atoms with Gasteiger partial charge in [-0.3, -0.25) is 14.9 Å². The number of benzene rings is 4. The van der Waals surface area contributed by atoms with Gasteiger partial charge in [0.15, 0.2) is 6.10 Å². The lowest BCUT2D eigenvalue weighted by atomic mass is 10.1. The molecule has 0 aliphatic carbocycles. The first-order valence-electron chi connectivity index (χ1n) is 15.8. The molecule has 0 saturated heterocycles. The fourth-order valence-corrected chi connectivity index (χ4v) is 6.72. The molecule has 4 aromatic carbocycles. The molecule has 12 heteroatoms. The largest absolute Gasteiger partial charge is 0.497 e. The number of carbonyl (C=O) groups is 2. The van der Waals surface area contributed by atoms with Crippen LogP contribution in [0, 0.1) is 10.1 Å². The Morgan fingerprint density at radius 1 is 0.878 bits per heavy atom. The zero-order chi connectivity index (χ0) is 34.8. The van der Waals surface area contributed by atoms with Crippen molar-refractivity contribution in [3.05, 3.63) is 124 Å². The van der Waals surface area contributed by atoms with Gasteiger partial charge in [0.05, 0.1) is 30.1 Å². The van der Waals surface area contributed by atoms with Crippen molar-refractivity contribution in [2.75, 3.05) is 52.4 Å². The summed E-state index contributed by atoms with van der Waals surface area (Å²) in [7, 11) is 5.27. The van der Waals surface area contributed by atoms with Crippen molar-refractivity contribution in [3.8, 4) is 11.5 Å². The van der Waals surface area contributed by atoms with Crippen LogP contribution in [0.25, 0.3) is 0 Å². The van der Waals surface area contributed by atoms with E-state index in [-0.39, 0.29) is 18.2 Å². The molecule has 4 aromatic rings. The molecule has 1 aliphatic rings. The number of amides is 1. The van der Waals surface area contributed by atoms with E-state index in [1.807, 2.05) is 67.7 Å². The maximum atomic E-state index is 14.5. The van der Waals surface area contributed by atoms with Gasteiger partial charge in [-0.05, 0) is 78.7 Å². The number of fused-ring (bicyclic) bond motifs is 1. The first-order valence-corrected chi connectivity index (χ1v) is 16.7. The van der Waals surface area contributed by atoms with Gasteiger partial charge in [0, 0.05) is 36.7 Å². The highest BCUT2D eigenvalue weighted by Crippen LogP contribution is 2.46. The fourth-order valence-electron chi connectivity index (χ4n) is 5.38. The molecule has 0 spiro atoms. The van der Waals surface area contributed by atoms with Gasteiger partial charge in [-0.2, -0.15) is 0 Å². The zero-order valence-corrected chi connectivity index (χ0v) is 28.5. The van der Waals surface area contributed by atoms with Crippen LogP contribution in [0.15, 0.2) is 102 Å². The van der Waals surface area contributed by atoms with E-state index in [2.05, 4.69) is 17.0 Å². The standard InChI is InChI=1S/C37H39N3O8S/c1-38(21-20-26-10-16-30(45-2)17-11-26)22-23-39-32-6-4-5-7-33(32)49-36(28-12-18-31(46-3)19-13-28)35(37(39)42)48-25-34(41)47-24-27-8-14-29(15-9-27)40(43)44/h4-19,35-36H,20-25H2,1-3H3/t35-,36+/m1/s1. The molecule has 1 aliphatic heterocycles. The molecule has 0 N–H and O–H groups in total. The third kappa shape index (κ3) is 9.38. The molecule has 0 fully saturated rings. The SMILES string of the molecule is COc1ccc(CCN(C)CCN2C(=O)[C@H](OCC(=O)OCc3ccc([N+](=O)[O-])cc3)[C@H](c3ccc(OC)cc3)Sc3ccccc32)cc1. The molecule has 0 radical (unpaired) electrons. The number of rotatable bonds is 15. The highest BCUT2D eigenvalue weighted by atomic mass is 32.2. The van der Waals surface area contributed by atoms with E-state index in [9.17, 15) is 19.7 Å². The van der Waals surface area contributed by atoms with Gasteiger partial charge < -0.3 is 28.7 Å². The van der Waals surface area contributed by atoms with Gasteiger partial charge in [0.1, 0.15) is 24.7 Å². The van der Waals surface area contributed by atoms with Crippen LogP contribution in [-0.2, 0) is 32.1 Å². The van der Waals surface area contributed by atoms with Gasteiger partial charge in [-0.1, -0.05) is 36.4 Å². The molecular formula is C37H39N3O8S. The molecule has 1 amide bonds. The number of nitro benzene ring substituents is 1. The fraction of sp³-hybridized carbons (Fsp3) is 0.297. The number of nitrogens with zero attached hydrogens (tertiary/aromatic N) is 3. The summed E-state index contributed by atoms with van der Waals surface area (Å²) in [6.07, 6.45) is -0.170. The Kier molecular flexibility index (Phi) is 12.3. The van der Waals surface area contributed by atoms with E-state index in [0.29, 0.717) is 24.4 Å². The van der Waals surface area contributed by atoms with Gasteiger partial charge in [-0.15, -0.1) is 11.8 Å². The Hall–Kier alpha value is -4.91. The Labute approximate surface area is 289 Å². The average molecular weight is 686 g/mol. The van der Waals surface area contributed by atoms with Crippen molar-refractivity contribution >= 4 is 35.0 Å². The Bertz CT molecular complexity index is 1720. The van der Waals surface area contributed by atoms with Gasteiger partial charge in [0.2, 0.25) is 0 Å². The number of anilines is 1. The summed E-state index contributed by atoms with van der Waals surface area (Å²) in [6, 6.07) is 29.0. The van der Waals surface area contributed by atoms with Crippen molar-refractivity contribution in [1.29, 1.82) is 0 Å². The number of esters is 1. The van der Waals surface area contributed by atoms with E-state index < -0.39 is 28.9 Å². The monoisotopic (exact) mass is 685 g/mol. The second-order valence-corrected chi connectivity index (χ2v) is 12.7. The number of likely N-dealkylation sites (N-methyl/N-ethyl adjacent to an activating group) is 1. The number of hydrogen-bond donors (Lipinski definition) is 0. The highest BCUT2D eigenvalue weighted by molar-refractivity contribution is 7.99. The summed E-state index contributed by atoms with van der Waals surface area (Å²) in [5.74, 6) is 0.581. The molecule has 256 valence electrons. The summed E-state index contributed by atoms with van der Waals surface area (Å²) in [5.41, 5.74) is 3.36. The first-order chi connectivity index (χ1) is 23.7. The number of non-ortho nitro benzene ring substituents is 1. The molecule has 2 atom stereocenters. The normalized spacial score (nSPS) is 15.8. The summed E-state index contributed by atoms with van der Waals surface area (Å²) < 4.78 is 22.2.